The Kier molecular flexibility index (Phi) is 5.30. The van der Waals surface area contributed by atoms with E-state index in [0.29, 0.717) is 6.61 Å². The van der Waals surface area contributed by atoms with E-state index in [4.69, 9.17) is 23.7 Å². The fraction of sp³-hybridized carbons (Fsp3) is 1.00. The molecule has 0 aromatic rings. The minimum Gasteiger partial charge on any atom is -0.382 e. The number of hydrogen-bond acceptors (Lipinski definition) is 6. The van der Waals surface area contributed by atoms with Crippen molar-refractivity contribution >= 4 is 0 Å². The lowest BCUT2D eigenvalue weighted by molar-refractivity contribution is -0.351. The summed E-state index contributed by atoms with van der Waals surface area (Å²) < 4.78 is 26.6. The lowest BCUT2D eigenvalue weighted by Crippen LogP contribution is -2.65. The monoisotopic (exact) mass is 250 g/mol. The average molecular weight is 250 g/mol. The molecule has 0 saturated carbocycles. The van der Waals surface area contributed by atoms with Gasteiger partial charge in [0.05, 0.1) is 6.61 Å². The quantitative estimate of drug-likeness (QED) is 0.728. The molecule has 102 valence electrons. The van der Waals surface area contributed by atoms with Crippen molar-refractivity contribution in [2.45, 2.75) is 37.1 Å². The van der Waals surface area contributed by atoms with Crippen LogP contribution in [0, 0.1) is 0 Å². The van der Waals surface area contributed by atoms with Crippen molar-refractivity contribution in [2.75, 3.05) is 35.0 Å². The van der Waals surface area contributed by atoms with Crippen molar-refractivity contribution in [3.8, 4) is 0 Å². The van der Waals surface area contributed by atoms with Crippen LogP contribution < -0.4 is 0 Å². The Balaban J connectivity index is 2.93. The first-order valence-electron chi connectivity index (χ1n) is 5.49. The Hall–Kier alpha value is -0.240. The standard InChI is InChI=1S/C11H22O6/c1-11(12)10(16-5)9(15-4)8(14-3)7(17-11)6-13-2/h7-10,12H,6H2,1-5H3/t7-,8+,9+,10-,11+/m1/s1. The molecule has 1 aliphatic rings. The zero-order chi connectivity index (χ0) is 13.1. The topological polar surface area (TPSA) is 66.4 Å². The van der Waals surface area contributed by atoms with Gasteiger partial charge in [0.15, 0.2) is 5.79 Å². The van der Waals surface area contributed by atoms with Gasteiger partial charge >= 0.3 is 0 Å². The van der Waals surface area contributed by atoms with Crippen LogP contribution in [0.2, 0.25) is 0 Å². The summed E-state index contributed by atoms with van der Waals surface area (Å²) >= 11 is 0. The van der Waals surface area contributed by atoms with E-state index in [1.807, 2.05) is 0 Å². The molecule has 17 heavy (non-hydrogen) atoms. The largest absolute Gasteiger partial charge is 0.382 e. The Morgan fingerprint density at radius 3 is 2.06 bits per heavy atom. The predicted octanol–water partition coefficient (Wildman–Crippen LogP) is -0.215. The van der Waals surface area contributed by atoms with E-state index < -0.39 is 24.1 Å². The van der Waals surface area contributed by atoms with Gasteiger partial charge in [-0.25, -0.2) is 0 Å². The van der Waals surface area contributed by atoms with Crippen LogP contribution in [0.3, 0.4) is 0 Å². The second-order valence-electron chi connectivity index (χ2n) is 4.22. The Morgan fingerprint density at radius 2 is 1.65 bits per heavy atom. The lowest BCUT2D eigenvalue weighted by atomic mass is 9.93. The van der Waals surface area contributed by atoms with Crippen molar-refractivity contribution in [1.29, 1.82) is 0 Å². The highest BCUT2D eigenvalue weighted by molar-refractivity contribution is 4.96. The molecule has 6 heteroatoms. The van der Waals surface area contributed by atoms with Crippen molar-refractivity contribution in [2.24, 2.45) is 0 Å². The van der Waals surface area contributed by atoms with E-state index in [0.717, 1.165) is 0 Å². The number of rotatable bonds is 5. The summed E-state index contributed by atoms with van der Waals surface area (Å²) in [6, 6.07) is 0. The zero-order valence-corrected chi connectivity index (χ0v) is 11.0. The summed E-state index contributed by atoms with van der Waals surface area (Å²) in [6.45, 7) is 1.85. The van der Waals surface area contributed by atoms with E-state index in [1.165, 1.54) is 7.11 Å². The van der Waals surface area contributed by atoms with Gasteiger partial charge in [-0.2, -0.15) is 0 Å². The van der Waals surface area contributed by atoms with Crippen molar-refractivity contribution < 1.29 is 28.8 Å². The highest BCUT2D eigenvalue weighted by Gasteiger charge is 2.52. The second-order valence-corrected chi connectivity index (χ2v) is 4.22. The summed E-state index contributed by atoms with van der Waals surface area (Å²) in [6.07, 6.45) is -1.80. The molecule has 0 unspecified atom stereocenters. The SMILES string of the molecule is COC[C@H]1O[C@](C)(O)[C@H](OC)[C@@H](OC)[C@H]1OC. The molecule has 0 radical (unpaired) electrons. The van der Waals surface area contributed by atoms with Gasteiger partial charge in [0.2, 0.25) is 0 Å². The predicted molar refractivity (Wildman–Crippen MR) is 59.8 cm³/mol. The van der Waals surface area contributed by atoms with E-state index >= 15 is 0 Å². The maximum absolute atomic E-state index is 10.2. The normalized spacial score (nSPS) is 42.7. The van der Waals surface area contributed by atoms with Crippen molar-refractivity contribution in [3.05, 3.63) is 0 Å². The van der Waals surface area contributed by atoms with Gasteiger partial charge in [-0.05, 0) is 6.92 Å². The molecule has 1 fully saturated rings. The highest BCUT2D eigenvalue weighted by Crippen LogP contribution is 2.32. The van der Waals surface area contributed by atoms with Crippen LogP contribution in [0.5, 0.6) is 0 Å². The first-order valence-corrected chi connectivity index (χ1v) is 5.49. The molecule has 6 nitrogen and oxygen atoms in total. The van der Waals surface area contributed by atoms with E-state index in [2.05, 4.69) is 0 Å². The molecule has 0 aromatic heterocycles. The summed E-state index contributed by atoms with van der Waals surface area (Å²) in [5.74, 6) is -1.44. The zero-order valence-electron chi connectivity index (χ0n) is 11.0. The number of aliphatic hydroxyl groups is 1. The molecular weight excluding hydrogens is 228 g/mol. The van der Waals surface area contributed by atoms with Crippen LogP contribution in [-0.2, 0) is 23.7 Å². The van der Waals surface area contributed by atoms with Gasteiger partial charge in [0, 0.05) is 28.4 Å². The first kappa shape index (κ1) is 14.8. The van der Waals surface area contributed by atoms with E-state index in [-0.39, 0.29) is 6.10 Å². The minimum absolute atomic E-state index is 0.310. The van der Waals surface area contributed by atoms with Crippen LogP contribution >= 0.6 is 0 Å². The van der Waals surface area contributed by atoms with Crippen LogP contribution in [-0.4, -0.2) is 70.4 Å². The molecule has 0 bridgehead atoms. The maximum atomic E-state index is 10.2. The van der Waals surface area contributed by atoms with E-state index in [1.54, 1.807) is 28.3 Å². The van der Waals surface area contributed by atoms with Crippen LogP contribution in [0.4, 0.5) is 0 Å². The van der Waals surface area contributed by atoms with Gasteiger partial charge in [-0.1, -0.05) is 0 Å². The Morgan fingerprint density at radius 1 is 1.06 bits per heavy atom. The van der Waals surface area contributed by atoms with E-state index in [9.17, 15) is 5.11 Å². The van der Waals surface area contributed by atoms with Crippen LogP contribution in [0.1, 0.15) is 6.92 Å². The summed E-state index contributed by atoms with van der Waals surface area (Å²) in [7, 11) is 6.18. The maximum Gasteiger partial charge on any atom is 0.192 e. The smallest absolute Gasteiger partial charge is 0.192 e. The molecule has 1 aliphatic heterocycles. The van der Waals surface area contributed by atoms with Crippen molar-refractivity contribution in [3.63, 3.8) is 0 Å². The minimum atomic E-state index is -1.44. The molecule has 1 rings (SSSR count). The number of hydrogen-bond donors (Lipinski definition) is 1. The van der Waals surface area contributed by atoms with Gasteiger partial charge in [0.1, 0.15) is 24.4 Å². The third-order valence-corrected chi connectivity index (χ3v) is 3.04. The molecular formula is C11H22O6. The van der Waals surface area contributed by atoms with Crippen LogP contribution in [0.15, 0.2) is 0 Å². The molecule has 0 spiro atoms. The third-order valence-electron chi connectivity index (χ3n) is 3.04. The molecule has 0 amide bonds. The van der Waals surface area contributed by atoms with Crippen LogP contribution in [0.25, 0.3) is 0 Å². The average Bonchev–Trinajstić information content (AvgIpc) is 2.27. The molecule has 1 N–H and O–H groups in total. The van der Waals surface area contributed by atoms with Gasteiger partial charge in [-0.3, -0.25) is 0 Å². The first-order chi connectivity index (χ1) is 8.01. The lowest BCUT2D eigenvalue weighted by Gasteiger charge is -2.47. The summed E-state index contributed by atoms with van der Waals surface area (Å²) in [5.41, 5.74) is 0. The molecule has 0 aromatic carbocycles. The molecule has 1 saturated heterocycles. The number of ether oxygens (including phenoxy) is 5. The molecule has 5 atom stereocenters. The molecule has 0 aliphatic carbocycles. The third kappa shape index (κ3) is 2.96. The summed E-state index contributed by atoms with van der Waals surface area (Å²) in [4.78, 5) is 0. The number of methoxy groups -OCH3 is 4. The summed E-state index contributed by atoms with van der Waals surface area (Å²) in [5, 5.41) is 10.2. The fourth-order valence-corrected chi connectivity index (χ4v) is 2.32. The van der Waals surface area contributed by atoms with Gasteiger partial charge in [0.25, 0.3) is 0 Å². The van der Waals surface area contributed by atoms with Gasteiger partial charge < -0.3 is 28.8 Å². The second kappa shape index (κ2) is 6.08. The Labute approximate surface area is 102 Å². The van der Waals surface area contributed by atoms with Crippen molar-refractivity contribution in [1.82, 2.24) is 0 Å². The fourth-order valence-electron chi connectivity index (χ4n) is 2.32. The molecule has 1 heterocycles. The van der Waals surface area contributed by atoms with Gasteiger partial charge in [-0.15, -0.1) is 0 Å². The highest BCUT2D eigenvalue weighted by atomic mass is 16.7. The Bertz CT molecular complexity index is 232.